The number of anilines is 3. The van der Waals surface area contributed by atoms with Crippen LogP contribution in [0.25, 0.3) is 10.8 Å². The minimum Gasteiger partial charge on any atom is -0.505 e. The number of nitrogens with two attached hydrogens (primary N) is 3. The van der Waals surface area contributed by atoms with E-state index in [-0.39, 0.29) is 61.7 Å². The fraction of sp³-hybridized carbons (Fsp3) is 0.0667. The zero-order chi connectivity index (χ0) is 36.0. The highest BCUT2D eigenvalue weighted by atomic mass is 32.2. The summed E-state index contributed by atoms with van der Waals surface area (Å²) in [7, 11) is -1.80. The molecular formula is C30H27N9O9S2. The van der Waals surface area contributed by atoms with Crippen molar-refractivity contribution in [3.05, 3.63) is 72.8 Å². The number of hydrogen-bond donors (Lipinski definition) is 6. The molecule has 0 atom stereocenters. The number of hydrogen-bond acceptors (Lipinski definition) is 18. The highest BCUT2D eigenvalue weighted by Crippen LogP contribution is 2.47. The molecule has 50 heavy (non-hydrogen) atoms. The summed E-state index contributed by atoms with van der Waals surface area (Å²) in [5.41, 5.74) is 18.7. The van der Waals surface area contributed by atoms with Gasteiger partial charge in [0, 0.05) is 23.2 Å². The molecule has 0 fully saturated rings. The van der Waals surface area contributed by atoms with E-state index in [0.717, 1.165) is 12.1 Å². The minimum atomic E-state index is -4.66. The number of benzene rings is 5. The third-order valence-electron chi connectivity index (χ3n) is 6.81. The van der Waals surface area contributed by atoms with E-state index in [1.807, 2.05) is 0 Å². The molecular weight excluding hydrogens is 695 g/mol. The molecule has 0 amide bonds. The van der Waals surface area contributed by atoms with Gasteiger partial charge in [0.2, 0.25) is 0 Å². The van der Waals surface area contributed by atoms with Gasteiger partial charge in [-0.2, -0.15) is 18.6 Å². The van der Waals surface area contributed by atoms with Crippen LogP contribution < -0.4 is 26.7 Å². The van der Waals surface area contributed by atoms with Crippen molar-refractivity contribution in [2.24, 2.45) is 30.7 Å². The van der Waals surface area contributed by atoms with E-state index in [1.54, 1.807) is 42.5 Å². The Balaban J connectivity index is 1.53. The Morgan fingerprint density at radius 1 is 0.700 bits per heavy atom. The number of aromatic hydroxyl groups is 1. The molecule has 0 spiro atoms. The lowest BCUT2D eigenvalue weighted by atomic mass is 10.1. The molecule has 0 bridgehead atoms. The molecule has 0 unspecified atom stereocenters. The second-order valence-electron chi connectivity index (χ2n) is 10.0. The third kappa shape index (κ3) is 8.03. The summed E-state index contributed by atoms with van der Waals surface area (Å²) in [6.45, 7) is 0. The van der Waals surface area contributed by atoms with Gasteiger partial charge < -0.3 is 31.8 Å². The van der Waals surface area contributed by atoms with E-state index in [9.17, 15) is 18.1 Å². The number of phenolic OH excluding ortho intramolecular Hbond substituents is 1. The zero-order valence-corrected chi connectivity index (χ0v) is 27.6. The second kappa shape index (κ2) is 15.1. The molecule has 258 valence electrons. The highest BCUT2D eigenvalue weighted by Gasteiger charge is 2.19. The van der Waals surface area contributed by atoms with E-state index < -0.39 is 15.0 Å². The summed E-state index contributed by atoms with van der Waals surface area (Å²) in [4.78, 5) is -0.396. The Kier molecular flexibility index (Phi) is 10.7. The first kappa shape index (κ1) is 35.4. The Labute approximate surface area is 287 Å². The van der Waals surface area contributed by atoms with Gasteiger partial charge in [-0.3, -0.25) is 4.55 Å². The van der Waals surface area contributed by atoms with E-state index in [1.165, 1.54) is 32.4 Å². The van der Waals surface area contributed by atoms with Crippen LogP contribution >= 0.6 is 12.0 Å². The van der Waals surface area contributed by atoms with Crippen molar-refractivity contribution in [2.45, 2.75) is 9.79 Å². The molecule has 18 nitrogen and oxygen atoms in total. The molecule has 0 aliphatic heterocycles. The predicted octanol–water partition coefficient (Wildman–Crippen LogP) is 8.23. The Morgan fingerprint density at radius 3 is 1.92 bits per heavy atom. The molecule has 0 aliphatic carbocycles. The molecule has 0 heterocycles. The average Bonchev–Trinajstić information content (AvgIpc) is 3.09. The first-order chi connectivity index (χ1) is 23.9. The molecule has 5 aromatic carbocycles. The van der Waals surface area contributed by atoms with Crippen LogP contribution in [0.2, 0.25) is 0 Å². The zero-order valence-electron chi connectivity index (χ0n) is 26.0. The summed E-state index contributed by atoms with van der Waals surface area (Å²) < 4.78 is 48.4. The maximum absolute atomic E-state index is 11.7. The largest absolute Gasteiger partial charge is 0.505 e. The van der Waals surface area contributed by atoms with Gasteiger partial charge in [-0.1, -0.05) is 11.1 Å². The van der Waals surface area contributed by atoms with E-state index >= 15 is 0 Å². The Bertz CT molecular complexity index is 2270. The lowest BCUT2D eigenvalue weighted by molar-refractivity contribution is -0.432. The van der Waals surface area contributed by atoms with Gasteiger partial charge in [-0.15, -0.1) is 24.8 Å². The molecule has 20 heteroatoms. The first-order valence-electron chi connectivity index (χ1n) is 13.9. The number of methoxy groups -OCH3 is 2. The number of ether oxygens (including phenoxy) is 2. The van der Waals surface area contributed by atoms with Gasteiger partial charge >= 0.3 is 0 Å². The number of rotatable bonds is 12. The maximum Gasteiger partial charge on any atom is 0.296 e. The van der Waals surface area contributed by atoms with Crippen LogP contribution in [-0.2, 0) is 19.5 Å². The van der Waals surface area contributed by atoms with E-state index in [4.69, 9.17) is 31.9 Å². The van der Waals surface area contributed by atoms with Crippen LogP contribution in [-0.4, -0.2) is 37.6 Å². The van der Waals surface area contributed by atoms with Crippen molar-refractivity contribution >= 4 is 84.1 Å². The summed E-state index contributed by atoms with van der Waals surface area (Å²) in [6, 6.07) is 18.1. The van der Waals surface area contributed by atoms with Gasteiger partial charge in [0.05, 0.1) is 53.9 Å². The molecule has 0 aromatic heterocycles. The first-order valence-corrected chi connectivity index (χ1v) is 16.1. The van der Waals surface area contributed by atoms with Crippen molar-refractivity contribution in [3.8, 4) is 17.2 Å². The lowest BCUT2D eigenvalue weighted by Crippen LogP contribution is -2.04. The number of phenols is 1. The monoisotopic (exact) mass is 721 g/mol. The topological polar surface area (TPSA) is 284 Å². The molecule has 0 saturated heterocycles. The van der Waals surface area contributed by atoms with E-state index in [2.05, 4.69) is 40.1 Å². The predicted molar refractivity (Wildman–Crippen MR) is 184 cm³/mol. The minimum absolute atomic E-state index is 0.00251. The lowest BCUT2D eigenvalue weighted by Gasteiger charge is -2.11. The van der Waals surface area contributed by atoms with Gasteiger partial charge in [0.1, 0.15) is 39.1 Å². The van der Waals surface area contributed by atoms with Crippen molar-refractivity contribution in [3.63, 3.8) is 0 Å². The number of fused-ring (bicyclic) bond motifs is 1. The van der Waals surface area contributed by atoms with Crippen molar-refractivity contribution in [1.82, 2.24) is 0 Å². The normalized spacial score (nSPS) is 12.1. The average molecular weight is 722 g/mol. The fourth-order valence-electron chi connectivity index (χ4n) is 4.41. The molecule has 5 rings (SSSR count). The number of azo groups is 3. The van der Waals surface area contributed by atoms with Crippen LogP contribution in [0.5, 0.6) is 17.2 Å². The quantitative estimate of drug-likeness (QED) is 0.0177. The number of nitrogen functional groups attached to an aromatic ring is 3. The van der Waals surface area contributed by atoms with Crippen LogP contribution in [0.3, 0.4) is 0 Å². The summed E-state index contributed by atoms with van der Waals surface area (Å²) in [5, 5.41) is 49.7. The molecule has 0 aliphatic rings. The van der Waals surface area contributed by atoms with Crippen molar-refractivity contribution < 1.29 is 42.2 Å². The molecule has 5 aromatic rings. The van der Waals surface area contributed by atoms with Crippen LogP contribution in [0.15, 0.2) is 113 Å². The van der Waals surface area contributed by atoms with Crippen molar-refractivity contribution in [1.29, 1.82) is 0 Å². The molecule has 0 radical (unpaired) electrons. The van der Waals surface area contributed by atoms with Crippen molar-refractivity contribution in [2.75, 3.05) is 31.4 Å². The molecule has 0 saturated carbocycles. The standard InChI is InChI=1S/C30H27N9O9S2/c1-45-25-13-24(26(46-2)12-23(25)37-34-17-7-4-16(31)5-8-17)38-39-29-27(49-48-47-41)9-15-3-6-18(10-19(15)30(29)40)35-36-22-14-28(50(42,43)44)21(33)11-20(22)32/h3-14,40-41H,31-33H2,1-2H3,(H,42,43,44). The Morgan fingerprint density at radius 2 is 1.30 bits per heavy atom. The van der Waals surface area contributed by atoms with Gasteiger partial charge in [-0.25, -0.2) is 5.26 Å². The van der Waals surface area contributed by atoms with E-state index in [0.29, 0.717) is 34.5 Å². The molecule has 9 N–H and O–H groups in total. The fourth-order valence-corrected chi connectivity index (χ4v) is 5.52. The van der Waals surface area contributed by atoms with Gasteiger partial charge in [0.15, 0.2) is 5.75 Å². The number of nitrogens with zero attached hydrogens (tertiary/aromatic N) is 6. The highest BCUT2D eigenvalue weighted by molar-refractivity contribution is 7.94. The van der Waals surface area contributed by atoms with Crippen LogP contribution in [0, 0.1) is 0 Å². The maximum atomic E-state index is 11.7. The third-order valence-corrected chi connectivity index (χ3v) is 8.33. The second-order valence-corrected chi connectivity index (χ2v) is 12.1. The van der Waals surface area contributed by atoms with Crippen LogP contribution in [0.1, 0.15) is 0 Å². The van der Waals surface area contributed by atoms with Gasteiger partial charge in [-0.05, 0) is 60.0 Å². The smallest absolute Gasteiger partial charge is 0.296 e. The Hall–Kier alpha value is -5.90. The van der Waals surface area contributed by atoms with Gasteiger partial charge in [0.25, 0.3) is 10.1 Å². The van der Waals surface area contributed by atoms with Crippen LogP contribution in [0.4, 0.5) is 51.2 Å². The summed E-state index contributed by atoms with van der Waals surface area (Å²) >= 11 is 0.542. The SMILES string of the molecule is COc1cc(N=Nc2c(SOOO)cc3ccc(N=Nc4cc(S(=O)(=O)O)c(N)cc4N)cc3c2O)c(OC)cc1N=Nc1ccc(N)cc1. The summed E-state index contributed by atoms with van der Waals surface area (Å²) in [5.74, 6) is 0.161. The summed E-state index contributed by atoms with van der Waals surface area (Å²) in [6.07, 6.45) is 0.